The lowest BCUT2D eigenvalue weighted by molar-refractivity contribution is -0.137. The van der Waals surface area contributed by atoms with Crippen LogP contribution in [0.2, 0.25) is 0 Å². The number of halogens is 3. The van der Waals surface area contributed by atoms with Gasteiger partial charge in [0.05, 0.1) is 21.8 Å². The number of fused-ring (bicyclic) bond motifs is 1. The number of hydrogen-bond donors (Lipinski definition) is 2. The molecule has 4 rings (SSSR count). The van der Waals surface area contributed by atoms with Gasteiger partial charge in [0.15, 0.2) is 0 Å². The number of thiophene rings is 1. The molecule has 0 atom stereocenters. The van der Waals surface area contributed by atoms with Gasteiger partial charge in [-0.3, -0.25) is 9.59 Å². The smallest absolute Gasteiger partial charge is 0.355 e. The summed E-state index contributed by atoms with van der Waals surface area (Å²) in [5.41, 5.74) is 0.920. The normalized spacial score (nSPS) is 11.5. The molecular formula is C22H17F3N4O2S. The summed E-state index contributed by atoms with van der Waals surface area (Å²) in [5, 5.41) is 10.3. The molecule has 2 heterocycles. The van der Waals surface area contributed by atoms with Gasteiger partial charge in [-0.15, -0.1) is 11.3 Å². The van der Waals surface area contributed by atoms with E-state index in [0.717, 1.165) is 23.5 Å². The lowest BCUT2D eigenvalue weighted by Crippen LogP contribution is -2.18. The van der Waals surface area contributed by atoms with Gasteiger partial charge in [-0.2, -0.15) is 18.3 Å². The van der Waals surface area contributed by atoms with Gasteiger partial charge in [0.25, 0.3) is 11.8 Å². The summed E-state index contributed by atoms with van der Waals surface area (Å²) >= 11 is 1.12. The molecule has 0 bridgehead atoms. The molecule has 0 saturated heterocycles. The summed E-state index contributed by atoms with van der Waals surface area (Å²) in [6.45, 7) is 1.73. The Hall–Kier alpha value is -3.66. The number of amides is 2. The Morgan fingerprint density at radius 2 is 1.78 bits per heavy atom. The first kappa shape index (κ1) is 21.6. The third-order valence-electron chi connectivity index (χ3n) is 4.80. The van der Waals surface area contributed by atoms with E-state index in [0.29, 0.717) is 32.0 Å². The average molecular weight is 458 g/mol. The standard InChI is InChI=1S/C22H17F3N4O2S/c1-12-17-11-18(20(31)27-15-7-3-5-13(9-15)19(30)26-2)32-21(17)29(28-12)16-8-4-6-14(10-16)22(23,24)25/h3-11H,1-2H3,(H,26,30)(H,27,31). The Labute approximate surface area is 184 Å². The SMILES string of the molecule is CNC(=O)c1cccc(NC(=O)c2cc3c(C)nn(-c4cccc(C(F)(F)F)c4)c3s2)c1. The number of nitrogens with one attached hydrogen (secondary N) is 2. The second-order valence-corrected chi connectivity index (χ2v) is 8.02. The van der Waals surface area contributed by atoms with Crippen LogP contribution in [0.1, 0.15) is 31.3 Å². The topological polar surface area (TPSA) is 76.0 Å². The van der Waals surface area contributed by atoms with Crippen molar-refractivity contribution in [3.05, 3.63) is 76.3 Å². The van der Waals surface area contributed by atoms with Gasteiger partial charge in [-0.25, -0.2) is 4.68 Å². The zero-order chi connectivity index (χ0) is 23.0. The van der Waals surface area contributed by atoms with Gasteiger partial charge < -0.3 is 10.6 Å². The summed E-state index contributed by atoms with van der Waals surface area (Å²) in [5.74, 6) is -0.671. The molecule has 4 aromatic rings. The maximum atomic E-state index is 13.1. The number of benzene rings is 2. The van der Waals surface area contributed by atoms with Crippen LogP contribution in [0.15, 0.2) is 54.6 Å². The monoisotopic (exact) mass is 458 g/mol. The van der Waals surface area contributed by atoms with Crippen LogP contribution < -0.4 is 10.6 Å². The van der Waals surface area contributed by atoms with Crippen LogP contribution in [0.4, 0.5) is 18.9 Å². The van der Waals surface area contributed by atoms with E-state index in [2.05, 4.69) is 15.7 Å². The molecule has 0 aliphatic rings. The van der Waals surface area contributed by atoms with E-state index in [1.54, 1.807) is 37.3 Å². The summed E-state index contributed by atoms with van der Waals surface area (Å²) in [7, 11) is 1.51. The van der Waals surface area contributed by atoms with Crippen LogP contribution in [0, 0.1) is 6.92 Å². The molecule has 0 aliphatic heterocycles. The number of aryl methyl sites for hydroxylation is 1. The summed E-state index contributed by atoms with van der Waals surface area (Å²) in [6.07, 6.45) is -4.47. The van der Waals surface area contributed by atoms with Crippen LogP contribution in [0.25, 0.3) is 15.9 Å². The Bertz CT molecular complexity index is 1340. The van der Waals surface area contributed by atoms with E-state index in [4.69, 9.17) is 0 Å². The van der Waals surface area contributed by atoms with Crippen LogP contribution in [-0.4, -0.2) is 28.6 Å². The zero-order valence-corrected chi connectivity index (χ0v) is 17.8. The van der Waals surface area contributed by atoms with Crippen LogP contribution in [-0.2, 0) is 6.18 Å². The van der Waals surface area contributed by atoms with Crippen LogP contribution in [0.5, 0.6) is 0 Å². The van der Waals surface area contributed by atoms with Crippen molar-refractivity contribution in [1.29, 1.82) is 0 Å². The minimum Gasteiger partial charge on any atom is -0.355 e. The molecule has 2 aromatic heterocycles. The van der Waals surface area contributed by atoms with Crippen molar-refractivity contribution < 1.29 is 22.8 Å². The quantitative estimate of drug-likeness (QED) is 0.451. The first-order chi connectivity index (χ1) is 15.2. The summed E-state index contributed by atoms with van der Waals surface area (Å²) < 4.78 is 40.8. The lowest BCUT2D eigenvalue weighted by atomic mass is 10.2. The van der Waals surface area contributed by atoms with Gasteiger partial charge in [0.1, 0.15) is 4.83 Å². The number of hydrogen-bond acceptors (Lipinski definition) is 4. The second-order valence-electron chi connectivity index (χ2n) is 6.99. The van der Waals surface area contributed by atoms with E-state index >= 15 is 0 Å². The van der Waals surface area contributed by atoms with Gasteiger partial charge in [0.2, 0.25) is 0 Å². The highest BCUT2D eigenvalue weighted by molar-refractivity contribution is 7.20. The Morgan fingerprint density at radius 1 is 1.03 bits per heavy atom. The van der Waals surface area contributed by atoms with Crippen molar-refractivity contribution in [2.24, 2.45) is 0 Å². The van der Waals surface area contributed by atoms with E-state index in [9.17, 15) is 22.8 Å². The van der Waals surface area contributed by atoms with Crippen LogP contribution in [0.3, 0.4) is 0 Å². The Morgan fingerprint density at radius 3 is 2.50 bits per heavy atom. The van der Waals surface area contributed by atoms with E-state index in [-0.39, 0.29) is 11.6 Å². The maximum absolute atomic E-state index is 13.1. The number of nitrogens with zero attached hydrogens (tertiary/aromatic N) is 2. The van der Waals surface area contributed by atoms with E-state index < -0.39 is 17.6 Å². The van der Waals surface area contributed by atoms with Gasteiger partial charge in [0, 0.05) is 23.7 Å². The molecule has 32 heavy (non-hydrogen) atoms. The maximum Gasteiger partial charge on any atom is 0.416 e. The minimum atomic E-state index is -4.47. The Balaban J connectivity index is 1.67. The van der Waals surface area contributed by atoms with Crippen molar-refractivity contribution >= 4 is 39.1 Å². The predicted octanol–water partition coefficient (Wildman–Crippen LogP) is 5.03. The number of rotatable bonds is 4. The highest BCUT2D eigenvalue weighted by atomic mass is 32.1. The van der Waals surface area contributed by atoms with Gasteiger partial charge in [-0.1, -0.05) is 12.1 Å². The molecule has 0 fully saturated rings. The molecule has 2 amide bonds. The molecule has 0 aliphatic carbocycles. The molecule has 0 unspecified atom stereocenters. The van der Waals surface area contributed by atoms with Crippen molar-refractivity contribution in [3.63, 3.8) is 0 Å². The Kier molecular flexibility index (Phi) is 5.47. The number of anilines is 1. The van der Waals surface area contributed by atoms with E-state index in [1.165, 1.54) is 23.9 Å². The molecule has 6 nitrogen and oxygen atoms in total. The third-order valence-corrected chi connectivity index (χ3v) is 5.91. The molecule has 2 aromatic carbocycles. The van der Waals surface area contributed by atoms with E-state index in [1.807, 2.05) is 0 Å². The zero-order valence-electron chi connectivity index (χ0n) is 16.9. The third kappa shape index (κ3) is 4.09. The lowest BCUT2D eigenvalue weighted by Gasteiger charge is -2.09. The summed E-state index contributed by atoms with van der Waals surface area (Å²) in [6, 6.07) is 13.0. The molecule has 10 heteroatoms. The fourth-order valence-corrected chi connectivity index (χ4v) is 4.30. The number of carbonyl (C=O) groups is 2. The number of alkyl halides is 3. The minimum absolute atomic E-state index is 0.255. The van der Waals surface area contributed by atoms with Gasteiger partial charge >= 0.3 is 6.18 Å². The first-order valence-electron chi connectivity index (χ1n) is 9.47. The number of aromatic nitrogens is 2. The molecule has 0 radical (unpaired) electrons. The summed E-state index contributed by atoms with van der Waals surface area (Å²) in [4.78, 5) is 25.5. The average Bonchev–Trinajstić information content (AvgIpc) is 3.33. The van der Waals surface area contributed by atoms with Crippen molar-refractivity contribution in [1.82, 2.24) is 15.1 Å². The molecule has 164 valence electrons. The fraction of sp³-hybridized carbons (Fsp3) is 0.136. The first-order valence-corrected chi connectivity index (χ1v) is 10.3. The molecule has 0 saturated carbocycles. The van der Waals surface area contributed by atoms with Gasteiger partial charge in [-0.05, 0) is 49.4 Å². The highest BCUT2D eigenvalue weighted by Gasteiger charge is 2.31. The highest BCUT2D eigenvalue weighted by Crippen LogP contribution is 2.34. The number of carbonyl (C=O) groups excluding carboxylic acids is 2. The predicted molar refractivity (Wildman–Crippen MR) is 116 cm³/mol. The molecule has 0 spiro atoms. The van der Waals surface area contributed by atoms with Crippen molar-refractivity contribution in [3.8, 4) is 5.69 Å². The second kappa shape index (κ2) is 8.12. The van der Waals surface area contributed by atoms with Crippen molar-refractivity contribution in [2.75, 3.05) is 12.4 Å². The fourth-order valence-electron chi connectivity index (χ4n) is 3.22. The van der Waals surface area contributed by atoms with Crippen molar-refractivity contribution in [2.45, 2.75) is 13.1 Å². The largest absolute Gasteiger partial charge is 0.416 e. The molecular weight excluding hydrogens is 441 g/mol. The van der Waals surface area contributed by atoms with Crippen LogP contribution >= 0.6 is 11.3 Å². The molecule has 2 N–H and O–H groups in total.